The van der Waals surface area contributed by atoms with Crippen LogP contribution in [0.1, 0.15) is 41.0 Å². The van der Waals surface area contributed by atoms with Gasteiger partial charge in [-0.15, -0.1) is 0 Å². The molecule has 0 saturated carbocycles. The van der Waals surface area contributed by atoms with Crippen molar-refractivity contribution in [3.05, 3.63) is 0 Å². The molecule has 0 amide bonds. The van der Waals surface area contributed by atoms with Gasteiger partial charge < -0.3 is 10.2 Å². The van der Waals surface area contributed by atoms with Gasteiger partial charge in [-0.05, 0) is 13.3 Å². The zero-order chi connectivity index (χ0) is 10.7. The van der Waals surface area contributed by atoms with Crippen LogP contribution in [-0.2, 0) is 0 Å². The minimum atomic E-state index is -1.01. The molecule has 2 N–H and O–H groups in total. The van der Waals surface area contributed by atoms with E-state index in [0.717, 1.165) is 0 Å². The highest BCUT2D eigenvalue weighted by atomic mass is 16.3. The van der Waals surface area contributed by atoms with Crippen molar-refractivity contribution >= 4 is 0 Å². The lowest BCUT2D eigenvalue weighted by atomic mass is 9.75. The topological polar surface area (TPSA) is 40.5 Å². The van der Waals surface area contributed by atoms with Crippen molar-refractivity contribution in [2.45, 2.75) is 52.7 Å². The van der Waals surface area contributed by atoms with E-state index < -0.39 is 11.7 Å². The Labute approximate surface area is 81.0 Å². The lowest BCUT2D eigenvalue weighted by Gasteiger charge is -2.35. The summed E-state index contributed by atoms with van der Waals surface area (Å²) in [4.78, 5) is 0. The van der Waals surface area contributed by atoms with E-state index in [1.165, 1.54) is 0 Å². The van der Waals surface area contributed by atoms with Gasteiger partial charge in [-0.2, -0.15) is 0 Å². The van der Waals surface area contributed by atoms with Crippen LogP contribution < -0.4 is 0 Å². The van der Waals surface area contributed by atoms with Crippen LogP contribution in [0, 0.1) is 17.3 Å². The Balaban J connectivity index is 4.79. The molecule has 0 aromatic rings. The fourth-order valence-electron chi connectivity index (χ4n) is 1.03. The van der Waals surface area contributed by atoms with Gasteiger partial charge in [0.25, 0.3) is 0 Å². The summed E-state index contributed by atoms with van der Waals surface area (Å²) in [5.41, 5.74) is -1.30. The summed E-state index contributed by atoms with van der Waals surface area (Å²) >= 11 is 0. The molecule has 2 atom stereocenters. The van der Waals surface area contributed by atoms with Gasteiger partial charge in [-0.25, -0.2) is 0 Å². The highest BCUT2D eigenvalue weighted by molar-refractivity contribution is 5.19. The van der Waals surface area contributed by atoms with Gasteiger partial charge in [0, 0.05) is 5.41 Å². The fourth-order valence-corrected chi connectivity index (χ4v) is 1.03. The minimum Gasteiger partial charge on any atom is -0.381 e. The summed E-state index contributed by atoms with van der Waals surface area (Å²) in [6.45, 7) is 9.29. The van der Waals surface area contributed by atoms with E-state index in [2.05, 4.69) is 11.8 Å². The Kier molecular flexibility index (Phi) is 3.96. The number of aliphatic hydroxyl groups is 2. The van der Waals surface area contributed by atoms with Crippen LogP contribution in [0.4, 0.5) is 0 Å². The normalized spacial score (nSPS) is 18.4. The van der Waals surface area contributed by atoms with Crippen LogP contribution in [0.15, 0.2) is 0 Å². The summed E-state index contributed by atoms with van der Waals surface area (Å²) in [6, 6.07) is 0. The Morgan fingerprint density at radius 2 is 1.77 bits per heavy atom. The minimum absolute atomic E-state index is 0.288. The van der Waals surface area contributed by atoms with Gasteiger partial charge in [-0.3, -0.25) is 0 Å². The molecular formula is C11H20O2. The van der Waals surface area contributed by atoms with E-state index in [0.29, 0.717) is 6.42 Å². The molecule has 2 nitrogen and oxygen atoms in total. The second-order valence-corrected chi connectivity index (χ2v) is 4.41. The summed E-state index contributed by atoms with van der Waals surface area (Å²) in [6.07, 6.45) is -0.114. The lowest BCUT2D eigenvalue weighted by Crippen LogP contribution is -2.41. The number of rotatable bonds is 1. The summed E-state index contributed by atoms with van der Waals surface area (Å²) in [5, 5.41) is 19.1. The molecule has 0 aliphatic heterocycles. The third-order valence-electron chi connectivity index (χ3n) is 2.24. The molecule has 13 heavy (non-hydrogen) atoms. The molecule has 0 aliphatic carbocycles. The van der Waals surface area contributed by atoms with Crippen molar-refractivity contribution < 1.29 is 10.2 Å². The van der Waals surface area contributed by atoms with Crippen molar-refractivity contribution in [3.8, 4) is 11.8 Å². The first kappa shape index (κ1) is 12.5. The van der Waals surface area contributed by atoms with Crippen molar-refractivity contribution in [3.63, 3.8) is 0 Å². The van der Waals surface area contributed by atoms with E-state index in [1.54, 1.807) is 6.92 Å². The Hall–Kier alpha value is -0.520. The van der Waals surface area contributed by atoms with Crippen LogP contribution in [0.5, 0.6) is 0 Å². The van der Waals surface area contributed by atoms with Crippen LogP contribution in [0.2, 0.25) is 0 Å². The maximum atomic E-state index is 10.1. The van der Waals surface area contributed by atoms with Crippen molar-refractivity contribution in [2.24, 2.45) is 5.41 Å². The predicted molar refractivity (Wildman–Crippen MR) is 54.2 cm³/mol. The van der Waals surface area contributed by atoms with Crippen LogP contribution >= 0.6 is 0 Å². The molecule has 0 rings (SSSR count). The molecule has 2 heteroatoms. The number of hydrogen-bond acceptors (Lipinski definition) is 2. The summed E-state index contributed by atoms with van der Waals surface area (Å²) in [5.74, 6) is 5.34. The van der Waals surface area contributed by atoms with Gasteiger partial charge in [0.2, 0.25) is 0 Å². The molecule has 2 unspecified atom stereocenters. The zero-order valence-electron chi connectivity index (χ0n) is 9.18. The van der Waals surface area contributed by atoms with Gasteiger partial charge in [-0.1, -0.05) is 39.5 Å². The molecule has 0 aliphatic rings. The first-order chi connectivity index (χ1) is 5.73. The van der Waals surface area contributed by atoms with Gasteiger partial charge in [0.05, 0.1) is 0 Å². The van der Waals surface area contributed by atoms with Crippen LogP contribution in [0.3, 0.4) is 0 Å². The van der Waals surface area contributed by atoms with Gasteiger partial charge in [0.1, 0.15) is 11.7 Å². The van der Waals surface area contributed by atoms with Gasteiger partial charge in [0.15, 0.2) is 0 Å². The second-order valence-electron chi connectivity index (χ2n) is 4.41. The molecule has 76 valence electrons. The number of hydrogen-bond donors (Lipinski definition) is 2. The maximum absolute atomic E-state index is 10.1. The van der Waals surface area contributed by atoms with E-state index >= 15 is 0 Å². The van der Waals surface area contributed by atoms with Crippen molar-refractivity contribution in [2.75, 3.05) is 0 Å². The average molecular weight is 184 g/mol. The Morgan fingerprint density at radius 3 is 2.00 bits per heavy atom. The summed E-state index contributed by atoms with van der Waals surface area (Å²) in [7, 11) is 0. The standard InChI is InChI=1S/C11H20O2/c1-6-11(13,10(3,4)5)8-7-9(2)12/h9,12-13H,6H2,1-5H3. The molecule has 0 aromatic carbocycles. The van der Waals surface area contributed by atoms with E-state index in [4.69, 9.17) is 5.11 Å². The first-order valence-corrected chi connectivity index (χ1v) is 4.66. The molecule has 0 aromatic heterocycles. The van der Waals surface area contributed by atoms with Crippen molar-refractivity contribution in [1.29, 1.82) is 0 Å². The maximum Gasteiger partial charge on any atom is 0.130 e. The average Bonchev–Trinajstić information content (AvgIpc) is 1.98. The molecule has 0 heterocycles. The molecule has 0 bridgehead atoms. The largest absolute Gasteiger partial charge is 0.381 e. The van der Waals surface area contributed by atoms with Crippen LogP contribution in [-0.4, -0.2) is 21.9 Å². The zero-order valence-corrected chi connectivity index (χ0v) is 9.18. The van der Waals surface area contributed by atoms with Gasteiger partial charge >= 0.3 is 0 Å². The van der Waals surface area contributed by atoms with Crippen molar-refractivity contribution in [1.82, 2.24) is 0 Å². The van der Waals surface area contributed by atoms with E-state index in [-0.39, 0.29) is 5.41 Å². The van der Waals surface area contributed by atoms with Crippen LogP contribution in [0.25, 0.3) is 0 Å². The fraction of sp³-hybridized carbons (Fsp3) is 0.818. The number of aliphatic hydroxyl groups excluding tert-OH is 1. The molecular weight excluding hydrogens is 164 g/mol. The monoisotopic (exact) mass is 184 g/mol. The SMILES string of the molecule is CCC(O)(C#CC(C)O)C(C)(C)C. The third-order valence-corrected chi connectivity index (χ3v) is 2.24. The van der Waals surface area contributed by atoms with E-state index in [9.17, 15) is 5.11 Å². The molecule has 0 spiro atoms. The highest BCUT2D eigenvalue weighted by Gasteiger charge is 2.36. The third kappa shape index (κ3) is 3.38. The highest BCUT2D eigenvalue weighted by Crippen LogP contribution is 2.32. The lowest BCUT2D eigenvalue weighted by molar-refractivity contribution is -0.00782. The molecule has 0 saturated heterocycles. The Bertz CT molecular complexity index is 214. The Morgan fingerprint density at radius 1 is 1.31 bits per heavy atom. The smallest absolute Gasteiger partial charge is 0.130 e. The van der Waals surface area contributed by atoms with E-state index in [1.807, 2.05) is 27.7 Å². The predicted octanol–water partition coefficient (Wildman–Crippen LogP) is 1.56. The summed E-state index contributed by atoms with van der Waals surface area (Å²) < 4.78 is 0. The quantitative estimate of drug-likeness (QED) is 0.607. The molecule has 0 radical (unpaired) electrons. The molecule has 0 fully saturated rings. The first-order valence-electron chi connectivity index (χ1n) is 4.66. The second kappa shape index (κ2) is 4.13.